The number of ether oxygens (including phenoxy) is 1. The molecule has 0 radical (unpaired) electrons. The second-order valence-corrected chi connectivity index (χ2v) is 6.73. The molecule has 3 heterocycles. The molecule has 7 nitrogen and oxygen atoms in total. The Morgan fingerprint density at radius 3 is 2.76 bits per heavy atom. The number of carbonyl (C=O) groups excluding carboxylic acids is 1. The van der Waals surface area contributed by atoms with E-state index in [4.69, 9.17) is 13.7 Å². The Balaban J connectivity index is 1.46. The lowest BCUT2D eigenvalue weighted by Crippen LogP contribution is -2.29. The zero-order chi connectivity index (χ0) is 17.4. The number of amides is 1. The summed E-state index contributed by atoms with van der Waals surface area (Å²) in [5.74, 6) is 1.54. The van der Waals surface area contributed by atoms with Crippen LogP contribution in [0.3, 0.4) is 0 Å². The first-order valence-corrected chi connectivity index (χ1v) is 8.58. The number of nitrogens with zero attached hydrogens (tertiary/aromatic N) is 1. The molecule has 4 rings (SSSR count). The van der Waals surface area contributed by atoms with Gasteiger partial charge >= 0.3 is 5.63 Å². The van der Waals surface area contributed by atoms with Crippen LogP contribution in [0.5, 0.6) is 0 Å². The Kier molecular flexibility index (Phi) is 4.17. The highest BCUT2D eigenvalue weighted by atomic mass is 16.5. The fourth-order valence-electron chi connectivity index (χ4n) is 3.10. The van der Waals surface area contributed by atoms with E-state index in [-0.39, 0.29) is 18.0 Å². The van der Waals surface area contributed by atoms with Gasteiger partial charge in [0.1, 0.15) is 22.8 Å². The molecule has 1 amide bonds. The first kappa shape index (κ1) is 16.1. The predicted molar refractivity (Wildman–Crippen MR) is 87.5 cm³/mol. The summed E-state index contributed by atoms with van der Waals surface area (Å²) in [5, 5.41) is 6.66. The smallest absolute Gasteiger partial charge is 0.349 e. The van der Waals surface area contributed by atoms with E-state index in [1.807, 2.05) is 6.07 Å². The molecule has 1 aliphatic carbocycles. The van der Waals surface area contributed by atoms with Crippen molar-refractivity contribution in [3.63, 3.8) is 0 Å². The Morgan fingerprint density at radius 1 is 1.24 bits per heavy atom. The molecule has 1 saturated heterocycles. The lowest BCUT2D eigenvalue weighted by molar-refractivity contribution is 0.0944. The normalized spacial score (nSPS) is 20.0. The van der Waals surface area contributed by atoms with Crippen LogP contribution in [0.2, 0.25) is 0 Å². The second-order valence-electron chi connectivity index (χ2n) is 6.73. The van der Waals surface area contributed by atoms with Crippen LogP contribution in [0, 0.1) is 6.92 Å². The van der Waals surface area contributed by atoms with E-state index < -0.39 is 11.5 Å². The minimum Gasteiger partial charge on any atom is -0.427 e. The molecule has 1 atom stereocenters. The lowest BCUT2D eigenvalue weighted by Gasteiger charge is -2.10. The molecule has 2 aliphatic rings. The van der Waals surface area contributed by atoms with Gasteiger partial charge in [0.15, 0.2) is 0 Å². The van der Waals surface area contributed by atoms with Crippen molar-refractivity contribution in [3.8, 4) is 0 Å². The molecule has 0 aromatic carbocycles. The maximum absolute atomic E-state index is 12.4. The molecule has 2 fully saturated rings. The number of nitrogens with one attached hydrogen (secondary N) is 1. The summed E-state index contributed by atoms with van der Waals surface area (Å²) in [4.78, 5) is 24.7. The van der Waals surface area contributed by atoms with E-state index >= 15 is 0 Å². The molecule has 25 heavy (non-hydrogen) atoms. The van der Waals surface area contributed by atoms with Crippen molar-refractivity contribution < 1.29 is 18.5 Å². The fourth-order valence-corrected chi connectivity index (χ4v) is 3.10. The van der Waals surface area contributed by atoms with E-state index in [1.54, 1.807) is 13.0 Å². The van der Waals surface area contributed by atoms with Crippen LogP contribution in [0.25, 0.3) is 0 Å². The zero-order valence-corrected chi connectivity index (χ0v) is 14.0. The van der Waals surface area contributed by atoms with Gasteiger partial charge in [-0.2, -0.15) is 0 Å². The minimum absolute atomic E-state index is 0.0357. The maximum Gasteiger partial charge on any atom is 0.349 e. The van der Waals surface area contributed by atoms with Crippen molar-refractivity contribution in [1.82, 2.24) is 10.5 Å². The van der Waals surface area contributed by atoms with Crippen molar-refractivity contribution in [2.45, 2.75) is 44.6 Å². The molecule has 1 N–H and O–H groups in total. The van der Waals surface area contributed by atoms with Crippen molar-refractivity contribution in [2.75, 3.05) is 13.2 Å². The van der Waals surface area contributed by atoms with Gasteiger partial charge in [0.05, 0.1) is 13.2 Å². The molecule has 0 bridgehead atoms. The Hall–Kier alpha value is -2.41. The zero-order valence-electron chi connectivity index (χ0n) is 14.0. The third-order valence-electron chi connectivity index (χ3n) is 4.71. The van der Waals surface area contributed by atoms with Crippen molar-refractivity contribution in [2.24, 2.45) is 0 Å². The predicted octanol–water partition coefficient (Wildman–Crippen LogP) is 2.25. The first-order valence-electron chi connectivity index (χ1n) is 8.58. The number of hydrogen-bond donors (Lipinski definition) is 1. The van der Waals surface area contributed by atoms with E-state index in [0.717, 1.165) is 25.0 Å². The summed E-state index contributed by atoms with van der Waals surface area (Å²) in [5.41, 5.74) is 0.679. The number of hydrogen-bond acceptors (Lipinski definition) is 6. The van der Waals surface area contributed by atoms with Crippen LogP contribution in [0.4, 0.5) is 0 Å². The van der Waals surface area contributed by atoms with Gasteiger partial charge in [0.2, 0.25) is 0 Å². The summed E-state index contributed by atoms with van der Waals surface area (Å²) in [6, 6.07) is 3.62. The van der Waals surface area contributed by atoms with Gasteiger partial charge in [-0.15, -0.1) is 0 Å². The second kappa shape index (κ2) is 6.48. The molecule has 1 unspecified atom stereocenters. The summed E-state index contributed by atoms with van der Waals surface area (Å²) >= 11 is 0. The minimum atomic E-state index is -0.613. The average molecular weight is 344 g/mol. The van der Waals surface area contributed by atoms with Crippen molar-refractivity contribution >= 4 is 5.91 Å². The molecule has 1 aliphatic heterocycles. The number of rotatable bonds is 5. The number of carbonyl (C=O) groups is 1. The van der Waals surface area contributed by atoms with Gasteiger partial charge in [-0.05, 0) is 37.8 Å². The highest BCUT2D eigenvalue weighted by molar-refractivity contribution is 5.95. The number of aryl methyl sites for hydroxylation is 1. The average Bonchev–Trinajstić information content (AvgIpc) is 3.11. The van der Waals surface area contributed by atoms with Gasteiger partial charge in [-0.1, -0.05) is 5.16 Å². The summed E-state index contributed by atoms with van der Waals surface area (Å²) in [6.45, 7) is 3.16. The lowest BCUT2D eigenvalue weighted by atomic mass is 10.0. The van der Waals surface area contributed by atoms with Crippen LogP contribution in [-0.4, -0.2) is 24.3 Å². The molecule has 132 valence electrons. The van der Waals surface area contributed by atoms with E-state index in [1.165, 1.54) is 0 Å². The third-order valence-corrected chi connectivity index (χ3v) is 4.71. The van der Waals surface area contributed by atoms with Gasteiger partial charge in [0.25, 0.3) is 5.91 Å². The fraction of sp³-hybridized carbons (Fsp3) is 0.500. The molecule has 7 heteroatoms. The van der Waals surface area contributed by atoms with Crippen LogP contribution in [0.1, 0.15) is 64.2 Å². The van der Waals surface area contributed by atoms with Crippen LogP contribution >= 0.6 is 0 Å². The van der Waals surface area contributed by atoms with E-state index in [2.05, 4.69) is 10.5 Å². The monoisotopic (exact) mass is 344 g/mol. The summed E-state index contributed by atoms with van der Waals surface area (Å²) in [7, 11) is 0. The summed E-state index contributed by atoms with van der Waals surface area (Å²) < 4.78 is 15.9. The first-order chi connectivity index (χ1) is 12.1. The maximum atomic E-state index is 12.4. The van der Waals surface area contributed by atoms with Gasteiger partial charge in [0, 0.05) is 24.5 Å². The van der Waals surface area contributed by atoms with Crippen molar-refractivity contribution in [3.05, 3.63) is 50.9 Å². The molecular formula is C18H20N2O5. The molecule has 1 saturated carbocycles. The Labute approximate surface area is 144 Å². The van der Waals surface area contributed by atoms with Crippen LogP contribution in [0.15, 0.2) is 25.9 Å². The van der Waals surface area contributed by atoms with Gasteiger partial charge in [-0.3, -0.25) is 4.79 Å². The molecule has 2 aromatic rings. The summed E-state index contributed by atoms with van der Waals surface area (Å²) in [6.07, 6.45) is 3.07. The topological polar surface area (TPSA) is 94.6 Å². The highest BCUT2D eigenvalue weighted by Crippen LogP contribution is 2.40. The SMILES string of the molecule is Cc1cc(C2CCOC2)oc(=O)c1C(=O)NCc1cc(C2CC2)on1. The Bertz CT molecular complexity index is 843. The largest absolute Gasteiger partial charge is 0.427 e. The standard InChI is InChI=1S/C18H20N2O5/c1-10-6-14(12-4-5-23-9-12)24-18(22)16(10)17(21)19-8-13-7-15(25-20-13)11-2-3-11/h6-7,11-12H,2-5,8-9H2,1H3,(H,19,21). The highest BCUT2D eigenvalue weighted by Gasteiger charge is 2.28. The molecular weight excluding hydrogens is 324 g/mol. The van der Waals surface area contributed by atoms with Gasteiger partial charge < -0.3 is 19.0 Å². The van der Waals surface area contributed by atoms with E-state index in [0.29, 0.717) is 36.1 Å². The molecule has 2 aromatic heterocycles. The Morgan fingerprint density at radius 2 is 2.08 bits per heavy atom. The van der Waals surface area contributed by atoms with Crippen LogP contribution < -0.4 is 10.9 Å². The third kappa shape index (κ3) is 3.37. The van der Waals surface area contributed by atoms with E-state index in [9.17, 15) is 9.59 Å². The quantitative estimate of drug-likeness (QED) is 0.894. The van der Waals surface area contributed by atoms with Gasteiger partial charge in [-0.25, -0.2) is 4.79 Å². The molecule has 0 spiro atoms. The van der Waals surface area contributed by atoms with Crippen LogP contribution in [-0.2, 0) is 11.3 Å². The van der Waals surface area contributed by atoms with Crippen molar-refractivity contribution in [1.29, 1.82) is 0 Å². The number of aromatic nitrogens is 1.